The minimum absolute atomic E-state index is 0.557. The van der Waals surface area contributed by atoms with Crippen LogP contribution in [-0.4, -0.2) is 15.0 Å². The minimum Gasteiger partial charge on any atom is -0.456 e. The van der Waals surface area contributed by atoms with Crippen LogP contribution in [0.3, 0.4) is 0 Å². The quantitative estimate of drug-likeness (QED) is 0.167. The average Bonchev–Trinajstić information content (AvgIpc) is 4.02. The number of aromatic nitrogens is 3. The highest BCUT2D eigenvalue weighted by molar-refractivity contribution is 6.09. The molecule has 0 saturated heterocycles. The van der Waals surface area contributed by atoms with Gasteiger partial charge in [0.2, 0.25) is 0 Å². The van der Waals surface area contributed by atoms with Crippen LogP contribution in [0.25, 0.3) is 100 Å². The van der Waals surface area contributed by atoms with Crippen LogP contribution < -0.4 is 0 Å². The van der Waals surface area contributed by atoms with Crippen molar-refractivity contribution in [2.45, 2.75) is 5.41 Å². The lowest BCUT2D eigenvalue weighted by molar-refractivity contribution is 0.665. The molecule has 63 heavy (non-hydrogen) atoms. The molecule has 13 rings (SSSR count). The maximum Gasteiger partial charge on any atom is 0.167 e. The molecule has 5 heteroatoms. The minimum atomic E-state index is -0.571. The molecule has 0 unspecified atom stereocenters. The molecule has 3 aromatic heterocycles. The Hall–Kier alpha value is -8.41. The lowest BCUT2D eigenvalue weighted by atomic mass is 9.67. The van der Waals surface area contributed by atoms with Crippen LogP contribution in [0.5, 0.6) is 0 Å². The molecule has 0 bridgehead atoms. The topological polar surface area (TPSA) is 65.0 Å². The second kappa shape index (κ2) is 13.8. The smallest absolute Gasteiger partial charge is 0.167 e. The second-order valence-corrected chi connectivity index (χ2v) is 16.3. The number of nitrogens with zero attached hydrogens (tertiary/aromatic N) is 3. The zero-order valence-electron chi connectivity index (χ0n) is 33.9. The first kappa shape index (κ1) is 35.4. The van der Waals surface area contributed by atoms with Gasteiger partial charge in [0.05, 0.1) is 11.0 Å². The molecule has 294 valence electrons. The van der Waals surface area contributed by atoms with Gasteiger partial charge in [-0.05, 0) is 74.8 Å². The maximum absolute atomic E-state index is 6.51. The van der Waals surface area contributed by atoms with E-state index in [1.165, 1.54) is 33.4 Å². The molecule has 0 N–H and O–H groups in total. The van der Waals surface area contributed by atoms with E-state index in [0.717, 1.165) is 71.7 Å². The molecule has 1 aliphatic carbocycles. The molecular weight excluding hydrogens is 771 g/mol. The molecule has 5 nitrogen and oxygen atoms in total. The van der Waals surface area contributed by atoms with E-state index >= 15 is 0 Å². The van der Waals surface area contributed by atoms with Gasteiger partial charge in [-0.2, -0.15) is 0 Å². The van der Waals surface area contributed by atoms with Gasteiger partial charge in [-0.15, -0.1) is 0 Å². The summed E-state index contributed by atoms with van der Waals surface area (Å²) in [5.41, 5.74) is 14.9. The zero-order valence-corrected chi connectivity index (χ0v) is 33.9. The highest BCUT2D eigenvalue weighted by Gasteiger charge is 2.46. The summed E-state index contributed by atoms with van der Waals surface area (Å²) in [6.07, 6.45) is 0. The first-order valence-electron chi connectivity index (χ1n) is 21.3. The van der Waals surface area contributed by atoms with Gasteiger partial charge in [-0.3, -0.25) is 0 Å². The molecule has 0 atom stereocenters. The van der Waals surface area contributed by atoms with Crippen LogP contribution in [0.1, 0.15) is 22.3 Å². The standard InChI is InChI=1S/C58H35N3O2/c1-2-14-37(15-3-1)55-59-56(61-57(60-55)48-23-13-22-47-45-21-7-11-27-52(45)63-54(47)48)39-17-12-16-38(34-39)36-28-30-40(31-29-36)58(49-24-8-4-18-42(49)43-19-5-9-25-50(43)58)41-32-33-46-44-20-6-10-26-51(44)62-53(46)35-41/h1-35H. The summed E-state index contributed by atoms with van der Waals surface area (Å²) in [6.45, 7) is 0. The molecular formula is C58H35N3O2. The van der Waals surface area contributed by atoms with E-state index in [4.69, 9.17) is 23.8 Å². The van der Waals surface area contributed by atoms with Gasteiger partial charge in [-0.25, -0.2) is 15.0 Å². The van der Waals surface area contributed by atoms with Gasteiger partial charge in [0, 0.05) is 32.7 Å². The lowest BCUT2D eigenvalue weighted by Gasteiger charge is -2.34. The van der Waals surface area contributed by atoms with Crippen LogP contribution in [0.15, 0.2) is 221 Å². The van der Waals surface area contributed by atoms with E-state index < -0.39 is 5.41 Å². The van der Waals surface area contributed by atoms with Crippen molar-refractivity contribution in [2.24, 2.45) is 0 Å². The normalized spacial score (nSPS) is 12.9. The summed E-state index contributed by atoms with van der Waals surface area (Å²) in [5.74, 6) is 1.74. The monoisotopic (exact) mass is 805 g/mol. The summed E-state index contributed by atoms with van der Waals surface area (Å²) in [7, 11) is 0. The molecule has 0 aliphatic heterocycles. The first-order valence-corrected chi connectivity index (χ1v) is 21.3. The van der Waals surface area contributed by atoms with Crippen molar-refractivity contribution >= 4 is 43.9 Å². The van der Waals surface area contributed by atoms with Crippen molar-refractivity contribution in [3.8, 4) is 56.4 Å². The van der Waals surface area contributed by atoms with Gasteiger partial charge in [0.25, 0.3) is 0 Å². The fourth-order valence-corrected chi connectivity index (χ4v) is 10.00. The summed E-state index contributed by atoms with van der Waals surface area (Å²) in [5, 5.41) is 4.33. The van der Waals surface area contributed by atoms with Crippen molar-refractivity contribution in [3.05, 3.63) is 235 Å². The third-order valence-electron chi connectivity index (χ3n) is 12.8. The van der Waals surface area contributed by atoms with Gasteiger partial charge in [0.1, 0.15) is 22.3 Å². The summed E-state index contributed by atoms with van der Waals surface area (Å²) in [4.78, 5) is 15.3. The second-order valence-electron chi connectivity index (χ2n) is 16.3. The summed E-state index contributed by atoms with van der Waals surface area (Å²) in [6, 6.07) is 74.7. The van der Waals surface area contributed by atoms with E-state index in [0.29, 0.717) is 17.5 Å². The molecule has 3 heterocycles. The van der Waals surface area contributed by atoms with Crippen LogP contribution in [0, 0.1) is 0 Å². The number of para-hydroxylation sites is 3. The number of benzene rings is 9. The van der Waals surface area contributed by atoms with Crippen molar-refractivity contribution < 1.29 is 8.83 Å². The Morgan fingerprint density at radius 3 is 1.59 bits per heavy atom. The van der Waals surface area contributed by atoms with Crippen LogP contribution in [0.4, 0.5) is 0 Å². The Morgan fingerprint density at radius 1 is 0.302 bits per heavy atom. The van der Waals surface area contributed by atoms with Gasteiger partial charge in [0.15, 0.2) is 17.5 Å². The molecule has 0 fully saturated rings. The first-order chi connectivity index (χ1) is 31.2. The number of fused-ring (bicyclic) bond motifs is 9. The molecule has 0 amide bonds. The average molecular weight is 806 g/mol. The number of hydrogen-bond acceptors (Lipinski definition) is 5. The Balaban J connectivity index is 0.945. The summed E-state index contributed by atoms with van der Waals surface area (Å²) >= 11 is 0. The van der Waals surface area contributed by atoms with Crippen LogP contribution >= 0.6 is 0 Å². The fourth-order valence-electron chi connectivity index (χ4n) is 10.00. The van der Waals surface area contributed by atoms with Gasteiger partial charge in [-0.1, -0.05) is 182 Å². The number of hydrogen-bond donors (Lipinski definition) is 0. The molecule has 0 spiro atoms. The Morgan fingerprint density at radius 2 is 0.825 bits per heavy atom. The van der Waals surface area contributed by atoms with Gasteiger partial charge < -0.3 is 8.83 Å². The van der Waals surface area contributed by atoms with Crippen molar-refractivity contribution in [2.75, 3.05) is 0 Å². The molecule has 0 saturated carbocycles. The number of rotatable bonds is 6. The predicted molar refractivity (Wildman–Crippen MR) is 253 cm³/mol. The Labute approximate surface area is 362 Å². The highest BCUT2D eigenvalue weighted by atomic mass is 16.3. The van der Waals surface area contributed by atoms with Crippen LogP contribution in [-0.2, 0) is 5.41 Å². The third kappa shape index (κ3) is 5.40. The van der Waals surface area contributed by atoms with Crippen molar-refractivity contribution in [1.82, 2.24) is 15.0 Å². The SMILES string of the molecule is c1ccc(-c2nc(-c3cccc(-c4ccc(C5(c6ccc7c(c6)oc6ccccc67)c6ccccc6-c6ccccc65)cc4)c3)nc(-c3cccc4c3oc3ccccc34)n2)cc1. The van der Waals surface area contributed by atoms with E-state index in [1.807, 2.05) is 72.8 Å². The maximum atomic E-state index is 6.51. The number of furan rings is 2. The Bertz CT molecular complexity index is 3710. The van der Waals surface area contributed by atoms with Crippen molar-refractivity contribution in [3.63, 3.8) is 0 Å². The zero-order chi connectivity index (χ0) is 41.5. The molecule has 9 aromatic carbocycles. The molecule has 0 radical (unpaired) electrons. The highest BCUT2D eigenvalue weighted by Crippen LogP contribution is 2.56. The molecule has 12 aromatic rings. The third-order valence-corrected chi connectivity index (χ3v) is 12.8. The largest absolute Gasteiger partial charge is 0.456 e. The van der Waals surface area contributed by atoms with Crippen molar-refractivity contribution in [1.29, 1.82) is 0 Å². The molecule has 1 aliphatic rings. The Kier molecular flexibility index (Phi) is 7.75. The van der Waals surface area contributed by atoms with E-state index in [-0.39, 0.29) is 0 Å². The lowest BCUT2D eigenvalue weighted by Crippen LogP contribution is -2.28. The van der Waals surface area contributed by atoms with Crippen LogP contribution in [0.2, 0.25) is 0 Å². The van der Waals surface area contributed by atoms with E-state index in [9.17, 15) is 0 Å². The van der Waals surface area contributed by atoms with E-state index in [1.54, 1.807) is 0 Å². The predicted octanol–water partition coefficient (Wildman–Crippen LogP) is 14.7. The fraction of sp³-hybridized carbons (Fsp3) is 0.0172. The van der Waals surface area contributed by atoms with E-state index in [2.05, 4.69) is 140 Å². The summed E-state index contributed by atoms with van der Waals surface area (Å²) < 4.78 is 13.0. The van der Waals surface area contributed by atoms with Gasteiger partial charge >= 0.3 is 0 Å².